The molecule has 0 saturated heterocycles. The van der Waals surface area contributed by atoms with Crippen LogP contribution >= 0.6 is 22.7 Å². The van der Waals surface area contributed by atoms with E-state index in [9.17, 15) is 9.18 Å². The van der Waals surface area contributed by atoms with Gasteiger partial charge in [0.05, 0.1) is 27.7 Å². The summed E-state index contributed by atoms with van der Waals surface area (Å²) >= 11 is 2.96. The van der Waals surface area contributed by atoms with Crippen LogP contribution in [0.2, 0.25) is 0 Å². The summed E-state index contributed by atoms with van der Waals surface area (Å²) < 4.78 is 14.2. The Labute approximate surface area is 141 Å². The summed E-state index contributed by atoms with van der Waals surface area (Å²) in [6, 6.07) is 8.50. The monoisotopic (exact) mass is 346 g/mol. The molecule has 0 N–H and O–H groups in total. The first-order valence-corrected chi connectivity index (χ1v) is 8.84. The fraction of sp³-hybridized carbons (Fsp3) is 0.235. The molecule has 3 nitrogen and oxygen atoms in total. The van der Waals surface area contributed by atoms with Gasteiger partial charge in [0.1, 0.15) is 5.01 Å². The normalized spacial score (nSPS) is 12.3. The van der Waals surface area contributed by atoms with Gasteiger partial charge in [0.2, 0.25) is 0 Å². The highest BCUT2D eigenvalue weighted by molar-refractivity contribution is 7.16. The second-order valence-corrected chi connectivity index (χ2v) is 7.34. The topological polar surface area (TPSA) is 42.9 Å². The summed E-state index contributed by atoms with van der Waals surface area (Å²) in [6.45, 7) is 3.89. The van der Waals surface area contributed by atoms with Gasteiger partial charge in [-0.15, -0.1) is 22.7 Å². The molecule has 1 unspecified atom stereocenters. The lowest BCUT2D eigenvalue weighted by molar-refractivity contribution is -0.123. The summed E-state index contributed by atoms with van der Waals surface area (Å²) in [4.78, 5) is 22.0. The smallest absolute Gasteiger partial charge is 0.184 e. The molecule has 118 valence electrons. The summed E-state index contributed by atoms with van der Waals surface area (Å²) in [5, 5.41) is 3.52. The zero-order valence-corrected chi connectivity index (χ0v) is 14.4. The minimum atomic E-state index is -1.60. The number of thiazole rings is 2. The maximum atomic E-state index is 14.2. The number of Topliss-reactive ketones (excluding diaryl/α,β-unsaturated/α-hetero) is 1. The zero-order chi connectivity index (χ0) is 16.4. The van der Waals surface area contributed by atoms with Crippen molar-refractivity contribution in [2.75, 3.05) is 0 Å². The van der Waals surface area contributed by atoms with Crippen molar-refractivity contribution in [2.24, 2.45) is 0 Å². The molecule has 23 heavy (non-hydrogen) atoms. The van der Waals surface area contributed by atoms with Crippen LogP contribution in [0.4, 0.5) is 4.39 Å². The molecule has 2 aromatic heterocycles. The molecule has 2 heterocycles. The first-order valence-electron chi connectivity index (χ1n) is 7.15. The van der Waals surface area contributed by atoms with Gasteiger partial charge in [-0.05, 0) is 19.4 Å². The molecule has 3 aromatic rings. The Bertz CT molecular complexity index is 826. The van der Waals surface area contributed by atoms with Crippen LogP contribution in [0.3, 0.4) is 0 Å². The lowest BCUT2D eigenvalue weighted by Gasteiger charge is -2.05. The molecule has 0 aliphatic heterocycles. The van der Waals surface area contributed by atoms with Crippen LogP contribution < -0.4 is 0 Å². The summed E-state index contributed by atoms with van der Waals surface area (Å²) in [7, 11) is 0. The van der Waals surface area contributed by atoms with Gasteiger partial charge >= 0.3 is 0 Å². The average molecular weight is 346 g/mol. The third-order valence-electron chi connectivity index (χ3n) is 3.39. The first-order chi connectivity index (χ1) is 11.0. The molecule has 1 aromatic carbocycles. The van der Waals surface area contributed by atoms with Crippen molar-refractivity contribution >= 4 is 28.5 Å². The van der Waals surface area contributed by atoms with Crippen LogP contribution in [0.25, 0.3) is 10.6 Å². The minimum Gasteiger partial charge on any atom is -0.296 e. The molecule has 0 radical (unpaired) electrons. The van der Waals surface area contributed by atoms with E-state index in [1.165, 1.54) is 11.3 Å². The van der Waals surface area contributed by atoms with Gasteiger partial charge in [0, 0.05) is 5.38 Å². The highest BCUT2D eigenvalue weighted by Gasteiger charge is 2.21. The number of nitrogens with zero attached hydrogens (tertiary/aromatic N) is 2. The second kappa shape index (κ2) is 6.68. The lowest BCUT2D eigenvalue weighted by Crippen LogP contribution is -2.10. The number of hydrogen-bond acceptors (Lipinski definition) is 5. The molecule has 0 saturated carbocycles. The molecule has 0 amide bonds. The second-order valence-electron chi connectivity index (χ2n) is 5.19. The van der Waals surface area contributed by atoms with Crippen LogP contribution in [-0.4, -0.2) is 15.8 Å². The maximum Gasteiger partial charge on any atom is 0.184 e. The van der Waals surface area contributed by atoms with Crippen LogP contribution in [0.1, 0.15) is 27.4 Å². The van der Waals surface area contributed by atoms with Gasteiger partial charge in [-0.3, -0.25) is 4.79 Å². The third-order valence-corrected chi connectivity index (χ3v) is 5.33. The van der Waals surface area contributed by atoms with Crippen LogP contribution in [0.5, 0.6) is 0 Å². The number of ketones is 1. The first kappa shape index (κ1) is 16.0. The Morgan fingerprint density at radius 2 is 1.96 bits per heavy atom. The van der Waals surface area contributed by atoms with Crippen molar-refractivity contribution in [3.63, 3.8) is 0 Å². The van der Waals surface area contributed by atoms with Gasteiger partial charge in [-0.25, -0.2) is 14.4 Å². The number of halogens is 1. The highest BCUT2D eigenvalue weighted by atomic mass is 32.1. The van der Waals surface area contributed by atoms with Crippen LogP contribution in [0, 0.1) is 13.8 Å². The van der Waals surface area contributed by atoms with Crippen LogP contribution in [0.15, 0.2) is 35.7 Å². The number of alkyl halides is 1. The maximum absolute atomic E-state index is 14.2. The van der Waals surface area contributed by atoms with E-state index >= 15 is 0 Å². The van der Waals surface area contributed by atoms with E-state index in [0.29, 0.717) is 10.6 Å². The van der Waals surface area contributed by atoms with Gasteiger partial charge in [-0.2, -0.15) is 0 Å². The summed E-state index contributed by atoms with van der Waals surface area (Å²) in [5.74, 6) is -0.464. The average Bonchev–Trinajstić information content (AvgIpc) is 3.13. The van der Waals surface area contributed by atoms with Gasteiger partial charge < -0.3 is 0 Å². The lowest BCUT2D eigenvalue weighted by atomic mass is 10.1. The fourth-order valence-corrected chi connectivity index (χ4v) is 4.06. The Morgan fingerprint density at radius 1 is 1.22 bits per heavy atom. The van der Waals surface area contributed by atoms with Crippen molar-refractivity contribution in [2.45, 2.75) is 26.4 Å². The van der Waals surface area contributed by atoms with E-state index in [2.05, 4.69) is 9.97 Å². The van der Waals surface area contributed by atoms with E-state index in [0.717, 1.165) is 21.3 Å². The predicted octanol–water partition coefficient (Wildman–Crippen LogP) is 4.71. The molecule has 0 aliphatic carbocycles. The molecule has 0 fully saturated rings. The quantitative estimate of drug-likeness (QED) is 0.672. The number of carbonyl (C=O) groups is 1. The largest absolute Gasteiger partial charge is 0.296 e. The van der Waals surface area contributed by atoms with E-state index in [1.54, 1.807) is 41.7 Å². The molecule has 3 rings (SSSR count). The molecular weight excluding hydrogens is 331 g/mol. The molecule has 1 atom stereocenters. The van der Waals surface area contributed by atoms with Gasteiger partial charge in [0.25, 0.3) is 0 Å². The van der Waals surface area contributed by atoms with E-state index in [1.807, 2.05) is 19.2 Å². The number of hydrogen-bond donors (Lipinski definition) is 0. The Morgan fingerprint density at radius 3 is 2.61 bits per heavy atom. The Balaban J connectivity index is 1.74. The number of aromatic nitrogens is 2. The van der Waals surface area contributed by atoms with Crippen molar-refractivity contribution in [3.8, 4) is 10.6 Å². The van der Waals surface area contributed by atoms with E-state index in [4.69, 9.17) is 0 Å². The van der Waals surface area contributed by atoms with Crippen molar-refractivity contribution in [1.82, 2.24) is 9.97 Å². The van der Waals surface area contributed by atoms with Crippen molar-refractivity contribution in [1.29, 1.82) is 0 Å². The number of carbonyl (C=O) groups excluding carboxylic acids is 1. The molecule has 0 bridgehead atoms. The Hall–Kier alpha value is -1.92. The van der Waals surface area contributed by atoms with Gasteiger partial charge in [0.15, 0.2) is 12.0 Å². The number of benzene rings is 1. The van der Waals surface area contributed by atoms with E-state index < -0.39 is 12.0 Å². The van der Waals surface area contributed by atoms with Gasteiger partial charge in [-0.1, -0.05) is 30.3 Å². The fourth-order valence-electron chi connectivity index (χ4n) is 2.31. The Kier molecular flexibility index (Phi) is 4.63. The zero-order valence-electron chi connectivity index (χ0n) is 12.7. The number of aryl methyl sites for hydroxylation is 2. The van der Waals surface area contributed by atoms with Crippen molar-refractivity contribution < 1.29 is 9.18 Å². The minimum absolute atomic E-state index is 0.0115. The molecule has 0 aliphatic rings. The molecule has 0 spiro atoms. The summed E-state index contributed by atoms with van der Waals surface area (Å²) in [6.07, 6.45) is -1.59. The number of rotatable bonds is 5. The van der Waals surface area contributed by atoms with Crippen LogP contribution in [-0.2, 0) is 11.2 Å². The van der Waals surface area contributed by atoms with Crippen molar-refractivity contribution in [3.05, 3.63) is 57.0 Å². The standard InChI is InChI=1S/C17H15FN2OS2/c1-10-17(23-11(2)19-10)13-9-22-15(20-13)8-14(21)16(18)12-6-4-3-5-7-12/h3-7,9,16H,8H2,1-2H3. The van der Waals surface area contributed by atoms with E-state index in [-0.39, 0.29) is 6.42 Å². The third kappa shape index (κ3) is 3.54. The SMILES string of the molecule is Cc1nc(C)c(-c2csc(CC(=O)C(F)c3ccccc3)n2)s1. The highest BCUT2D eigenvalue weighted by Crippen LogP contribution is 2.31. The predicted molar refractivity (Wildman–Crippen MR) is 91.7 cm³/mol. The molecular formula is C17H15FN2OS2. The molecule has 6 heteroatoms. The summed E-state index contributed by atoms with van der Waals surface area (Å²) in [5.41, 5.74) is 2.14.